The SMILES string of the molecule is COc1cc(C)c(S(=O)(=O)N(C)CC(=O)OCC(=O)N(C)[C@H]2CC[C@@H](CN3CCC(N(C)C)C3)CC2)c(C)c1. The number of ether oxygens (including phenoxy) is 2. The Morgan fingerprint density at radius 2 is 1.59 bits per heavy atom. The van der Waals surface area contributed by atoms with Crippen molar-refractivity contribution in [2.24, 2.45) is 5.92 Å². The molecular formula is C28H46N4O6S. The van der Waals surface area contributed by atoms with E-state index in [1.807, 2.05) is 0 Å². The van der Waals surface area contributed by atoms with Crippen molar-refractivity contribution >= 4 is 21.9 Å². The first-order chi connectivity index (χ1) is 18.3. The number of hydrogen-bond donors (Lipinski definition) is 0. The third kappa shape index (κ3) is 7.93. The maximum atomic E-state index is 13.1. The van der Waals surface area contributed by atoms with Crippen molar-refractivity contribution in [3.05, 3.63) is 23.3 Å². The largest absolute Gasteiger partial charge is 0.497 e. The summed E-state index contributed by atoms with van der Waals surface area (Å²) in [5.41, 5.74) is 1.05. The van der Waals surface area contributed by atoms with E-state index in [0.717, 1.165) is 49.6 Å². The molecule has 2 fully saturated rings. The van der Waals surface area contributed by atoms with Crippen LogP contribution in [0.2, 0.25) is 0 Å². The topological polar surface area (TPSA) is 99.7 Å². The van der Waals surface area contributed by atoms with Crippen molar-refractivity contribution in [3.63, 3.8) is 0 Å². The molecule has 10 nitrogen and oxygen atoms in total. The molecule has 1 amide bonds. The molecule has 39 heavy (non-hydrogen) atoms. The number of aryl methyl sites for hydroxylation is 2. The standard InChI is InChI=1S/C28H46N4O6S/c1-20-14-25(37-7)15-21(2)28(20)39(35,36)30(5)18-27(34)38-19-26(33)31(6)23-10-8-22(9-11-23)16-32-13-12-24(17-32)29(3)4/h14-15,22-24H,8-13,16-19H2,1-7H3/t22-,23+,24?. The molecule has 1 aromatic carbocycles. The predicted molar refractivity (Wildman–Crippen MR) is 150 cm³/mol. The molecule has 0 bridgehead atoms. The van der Waals surface area contributed by atoms with Gasteiger partial charge in [0.05, 0.1) is 12.0 Å². The highest BCUT2D eigenvalue weighted by Crippen LogP contribution is 2.30. The molecular weight excluding hydrogens is 520 g/mol. The second-order valence-corrected chi connectivity index (χ2v) is 13.3. The van der Waals surface area contributed by atoms with Gasteiger partial charge in [0.1, 0.15) is 12.3 Å². The molecule has 11 heteroatoms. The average molecular weight is 567 g/mol. The molecule has 0 aromatic heterocycles. The maximum Gasteiger partial charge on any atom is 0.321 e. The Bertz CT molecular complexity index is 1090. The highest BCUT2D eigenvalue weighted by Gasteiger charge is 2.31. The summed E-state index contributed by atoms with van der Waals surface area (Å²) in [6.45, 7) is 5.89. The van der Waals surface area contributed by atoms with Crippen molar-refractivity contribution in [2.45, 2.75) is 62.9 Å². The van der Waals surface area contributed by atoms with E-state index < -0.39 is 29.1 Å². The third-order valence-electron chi connectivity index (χ3n) is 8.30. The Balaban J connectivity index is 1.44. The van der Waals surface area contributed by atoms with E-state index in [9.17, 15) is 18.0 Å². The fourth-order valence-electron chi connectivity index (χ4n) is 5.83. The van der Waals surface area contributed by atoms with Gasteiger partial charge in [-0.25, -0.2) is 8.42 Å². The van der Waals surface area contributed by atoms with Crippen LogP contribution in [0.15, 0.2) is 17.0 Å². The summed E-state index contributed by atoms with van der Waals surface area (Å²) in [4.78, 5) is 31.9. The average Bonchev–Trinajstić information content (AvgIpc) is 3.35. The van der Waals surface area contributed by atoms with Gasteiger partial charge in [0.2, 0.25) is 10.0 Å². The number of carbonyl (C=O) groups is 2. The number of rotatable bonds is 11. The van der Waals surface area contributed by atoms with Crippen LogP contribution in [0.4, 0.5) is 0 Å². The molecule has 1 heterocycles. The lowest BCUT2D eigenvalue weighted by molar-refractivity contribution is -0.152. The van der Waals surface area contributed by atoms with Crippen LogP contribution in [0, 0.1) is 19.8 Å². The number of nitrogens with zero attached hydrogens (tertiary/aromatic N) is 4. The van der Waals surface area contributed by atoms with Crippen LogP contribution in [-0.4, -0.2) is 119 Å². The van der Waals surface area contributed by atoms with E-state index in [1.54, 1.807) is 37.9 Å². The first-order valence-electron chi connectivity index (χ1n) is 13.7. The zero-order chi connectivity index (χ0) is 28.9. The number of carbonyl (C=O) groups excluding carboxylic acids is 2. The minimum Gasteiger partial charge on any atom is -0.497 e. The summed E-state index contributed by atoms with van der Waals surface area (Å²) >= 11 is 0. The number of sulfonamides is 1. The summed E-state index contributed by atoms with van der Waals surface area (Å²) in [5, 5.41) is 0. The third-order valence-corrected chi connectivity index (χ3v) is 10.4. The molecule has 1 aliphatic heterocycles. The first kappa shape index (κ1) is 31.3. The second kappa shape index (κ2) is 13.4. The molecule has 0 spiro atoms. The fraction of sp³-hybridized carbons (Fsp3) is 0.714. The maximum absolute atomic E-state index is 13.1. The van der Waals surface area contributed by atoms with Crippen molar-refractivity contribution < 1.29 is 27.5 Å². The van der Waals surface area contributed by atoms with Crippen molar-refractivity contribution in [1.29, 1.82) is 0 Å². The zero-order valence-corrected chi connectivity index (χ0v) is 25.4. The van der Waals surface area contributed by atoms with Crippen LogP contribution in [-0.2, 0) is 24.3 Å². The summed E-state index contributed by atoms with van der Waals surface area (Å²) in [7, 11) is 4.96. The predicted octanol–water partition coefficient (Wildman–Crippen LogP) is 2.13. The van der Waals surface area contributed by atoms with Gasteiger partial charge in [-0.05, 0) is 95.8 Å². The normalized spacial score (nSPS) is 22.3. The number of benzene rings is 1. The van der Waals surface area contributed by atoms with Gasteiger partial charge in [-0.3, -0.25) is 9.59 Å². The Hall–Kier alpha value is -2.21. The van der Waals surface area contributed by atoms with Crippen molar-refractivity contribution in [1.82, 2.24) is 19.0 Å². The van der Waals surface area contributed by atoms with Crippen LogP contribution < -0.4 is 4.74 Å². The molecule has 1 saturated heterocycles. The highest BCUT2D eigenvalue weighted by molar-refractivity contribution is 7.89. The Morgan fingerprint density at radius 3 is 2.13 bits per heavy atom. The number of methoxy groups -OCH3 is 1. The van der Waals surface area contributed by atoms with Crippen LogP contribution in [0.1, 0.15) is 43.2 Å². The molecule has 1 aromatic rings. The molecule has 1 atom stereocenters. The molecule has 0 radical (unpaired) electrons. The van der Waals surface area contributed by atoms with Crippen LogP contribution >= 0.6 is 0 Å². The molecule has 0 N–H and O–H groups in total. The molecule has 1 unspecified atom stereocenters. The molecule has 1 aliphatic carbocycles. The molecule has 1 saturated carbocycles. The van der Waals surface area contributed by atoms with Crippen LogP contribution in [0.5, 0.6) is 5.75 Å². The minimum absolute atomic E-state index is 0.129. The Labute approximate surface area is 234 Å². The summed E-state index contributed by atoms with van der Waals surface area (Å²) < 4.78 is 37.6. The lowest BCUT2D eigenvalue weighted by atomic mass is 9.85. The minimum atomic E-state index is -3.94. The Morgan fingerprint density at radius 1 is 0.974 bits per heavy atom. The van der Waals surface area contributed by atoms with Crippen molar-refractivity contribution in [3.8, 4) is 5.75 Å². The van der Waals surface area contributed by atoms with Gasteiger partial charge in [-0.1, -0.05) is 0 Å². The van der Waals surface area contributed by atoms with E-state index >= 15 is 0 Å². The number of likely N-dealkylation sites (N-methyl/N-ethyl adjacent to an activating group) is 3. The molecule has 3 rings (SSSR count). The Kier molecular flexibility index (Phi) is 10.8. The number of likely N-dealkylation sites (tertiary alicyclic amines) is 1. The zero-order valence-electron chi connectivity index (χ0n) is 24.6. The van der Waals surface area contributed by atoms with Crippen molar-refractivity contribution in [2.75, 3.05) is 68.1 Å². The van der Waals surface area contributed by atoms with Gasteiger partial charge >= 0.3 is 5.97 Å². The van der Waals surface area contributed by atoms with Gasteiger partial charge in [-0.2, -0.15) is 4.31 Å². The number of hydrogen-bond acceptors (Lipinski definition) is 8. The number of amides is 1. The summed E-state index contributed by atoms with van der Waals surface area (Å²) in [6, 6.07) is 4.05. The van der Waals surface area contributed by atoms with E-state index in [4.69, 9.17) is 9.47 Å². The van der Waals surface area contributed by atoms with Gasteiger partial charge < -0.3 is 24.2 Å². The van der Waals surface area contributed by atoms with E-state index in [1.165, 1.54) is 20.6 Å². The highest BCUT2D eigenvalue weighted by atomic mass is 32.2. The van der Waals surface area contributed by atoms with Crippen LogP contribution in [0.25, 0.3) is 0 Å². The van der Waals surface area contributed by atoms with E-state index in [0.29, 0.717) is 28.8 Å². The smallest absolute Gasteiger partial charge is 0.321 e. The van der Waals surface area contributed by atoms with Gasteiger partial charge in [0.25, 0.3) is 5.91 Å². The monoisotopic (exact) mass is 566 g/mol. The second-order valence-electron chi connectivity index (χ2n) is 11.4. The molecule has 220 valence electrons. The summed E-state index contributed by atoms with van der Waals surface area (Å²) in [6.07, 6.45) is 5.26. The summed E-state index contributed by atoms with van der Waals surface area (Å²) in [5.74, 6) is 0.176. The van der Waals surface area contributed by atoms with Gasteiger partial charge in [0.15, 0.2) is 6.61 Å². The van der Waals surface area contributed by atoms with Crippen LogP contribution in [0.3, 0.4) is 0 Å². The lowest BCUT2D eigenvalue weighted by Gasteiger charge is -2.36. The number of esters is 1. The first-order valence-corrected chi connectivity index (χ1v) is 15.2. The lowest BCUT2D eigenvalue weighted by Crippen LogP contribution is -2.43. The van der Waals surface area contributed by atoms with E-state index in [-0.39, 0.29) is 16.8 Å². The van der Waals surface area contributed by atoms with Gasteiger partial charge in [0, 0.05) is 39.3 Å². The molecule has 2 aliphatic rings. The quantitative estimate of drug-likeness (QED) is 0.376. The van der Waals surface area contributed by atoms with E-state index in [2.05, 4.69) is 23.9 Å². The fourth-order valence-corrected chi connectivity index (χ4v) is 7.35. The van der Waals surface area contributed by atoms with Gasteiger partial charge in [-0.15, -0.1) is 0 Å².